The van der Waals surface area contributed by atoms with Gasteiger partial charge in [-0.2, -0.15) is 0 Å². The molecule has 4 N–H and O–H groups in total. The summed E-state index contributed by atoms with van der Waals surface area (Å²) < 4.78 is 21.4. The molecule has 0 saturated heterocycles. The molecule has 0 radical (unpaired) electrons. The summed E-state index contributed by atoms with van der Waals surface area (Å²) in [4.78, 5) is 11.0. The van der Waals surface area contributed by atoms with Crippen molar-refractivity contribution < 1.29 is 18.3 Å². The van der Waals surface area contributed by atoms with Gasteiger partial charge in [-0.05, 0) is 27.7 Å². The van der Waals surface area contributed by atoms with Crippen LogP contribution < -0.4 is 10.5 Å². The van der Waals surface area contributed by atoms with Crippen LogP contribution in [0.5, 0.6) is 0 Å². The predicted octanol–water partition coefficient (Wildman–Crippen LogP) is -0.246. The lowest BCUT2D eigenvalue weighted by molar-refractivity contribution is -0.151. The number of rotatable bonds is 6. The highest BCUT2D eigenvalue weighted by atomic mass is 32.2. The van der Waals surface area contributed by atoms with Gasteiger partial charge in [0.05, 0.1) is 11.2 Å². The number of hydrogen-bond acceptors (Lipinski definition) is 4. The molecule has 0 aliphatic rings. The number of hydrogen-bond donors (Lipinski definition) is 3. The molecule has 6 nitrogen and oxygen atoms in total. The fourth-order valence-electron chi connectivity index (χ4n) is 0.994. The van der Waals surface area contributed by atoms with Crippen molar-refractivity contribution in [3.8, 4) is 0 Å². The lowest BCUT2D eigenvalue weighted by Gasteiger charge is -2.39. The molecule has 0 aliphatic heterocycles. The molecule has 0 atom stereocenters. The molecule has 16 heavy (non-hydrogen) atoms. The van der Waals surface area contributed by atoms with Gasteiger partial charge in [-0.3, -0.25) is 4.79 Å². The Morgan fingerprint density at radius 1 is 1.31 bits per heavy atom. The summed E-state index contributed by atoms with van der Waals surface area (Å²) in [6, 6.07) is 0. The highest BCUT2D eigenvalue weighted by Gasteiger charge is 2.42. The fraction of sp³-hybridized carbons (Fsp3) is 0.889. The Hall–Kier alpha value is -0.660. The van der Waals surface area contributed by atoms with Crippen LogP contribution in [-0.4, -0.2) is 37.3 Å². The Bertz CT molecular complexity index is 360. The van der Waals surface area contributed by atoms with Crippen LogP contribution in [0.4, 0.5) is 0 Å². The molecule has 0 fully saturated rings. The number of carboxylic acid groups (broad SMARTS) is 1. The van der Waals surface area contributed by atoms with E-state index in [2.05, 4.69) is 5.32 Å². The van der Waals surface area contributed by atoms with Crippen LogP contribution in [0, 0.1) is 5.41 Å². The SMILES string of the molecule is CC(C)(NCCS(N)(=O)=O)C(C)(C)C(=O)O. The maximum atomic E-state index is 11.0. The third-order valence-corrected chi connectivity index (χ3v) is 3.82. The van der Waals surface area contributed by atoms with E-state index < -0.39 is 26.9 Å². The van der Waals surface area contributed by atoms with Crippen LogP contribution in [0.15, 0.2) is 0 Å². The molecule has 0 spiro atoms. The first-order chi connectivity index (χ1) is 6.90. The number of aliphatic carboxylic acids is 1. The molecule has 0 rings (SSSR count). The molecule has 0 heterocycles. The summed E-state index contributed by atoms with van der Waals surface area (Å²) in [6.45, 7) is 6.72. The zero-order valence-corrected chi connectivity index (χ0v) is 10.9. The van der Waals surface area contributed by atoms with E-state index in [9.17, 15) is 13.2 Å². The van der Waals surface area contributed by atoms with Gasteiger partial charge in [-0.1, -0.05) is 0 Å². The lowest BCUT2D eigenvalue weighted by atomic mass is 9.74. The molecular formula is C9H20N2O4S. The number of sulfonamides is 1. The van der Waals surface area contributed by atoms with Gasteiger partial charge >= 0.3 is 5.97 Å². The van der Waals surface area contributed by atoms with Gasteiger partial charge in [0, 0.05) is 12.1 Å². The van der Waals surface area contributed by atoms with Crippen molar-refractivity contribution in [1.82, 2.24) is 5.32 Å². The maximum absolute atomic E-state index is 11.0. The predicted molar refractivity (Wildman–Crippen MR) is 61.5 cm³/mol. The molecule has 96 valence electrons. The summed E-state index contributed by atoms with van der Waals surface area (Å²) in [5.74, 6) is -1.16. The second-order valence-corrected chi connectivity index (χ2v) is 6.58. The molecule has 0 aromatic rings. The molecular weight excluding hydrogens is 232 g/mol. The number of nitrogens with two attached hydrogens (primary N) is 1. The summed E-state index contributed by atoms with van der Waals surface area (Å²) in [5, 5.41) is 16.8. The lowest BCUT2D eigenvalue weighted by Crippen LogP contribution is -2.56. The van der Waals surface area contributed by atoms with E-state index in [-0.39, 0.29) is 12.3 Å². The summed E-state index contributed by atoms with van der Waals surface area (Å²) in [5.41, 5.74) is -1.74. The Balaban J connectivity index is 4.53. The molecule has 0 bridgehead atoms. The van der Waals surface area contributed by atoms with E-state index in [1.165, 1.54) is 0 Å². The smallest absolute Gasteiger partial charge is 0.310 e. The number of nitrogens with one attached hydrogen (secondary N) is 1. The quantitative estimate of drug-likeness (QED) is 0.604. The molecule has 0 aromatic carbocycles. The van der Waals surface area contributed by atoms with Gasteiger partial charge < -0.3 is 10.4 Å². The van der Waals surface area contributed by atoms with Gasteiger partial charge in [0.15, 0.2) is 0 Å². The minimum Gasteiger partial charge on any atom is -0.481 e. The third kappa shape index (κ3) is 4.07. The van der Waals surface area contributed by atoms with Gasteiger partial charge in [0.25, 0.3) is 0 Å². The zero-order chi connectivity index (χ0) is 13.2. The topological polar surface area (TPSA) is 109 Å². The van der Waals surface area contributed by atoms with Crippen LogP contribution in [-0.2, 0) is 14.8 Å². The Kier molecular flexibility index (Phi) is 4.49. The molecule has 0 aliphatic carbocycles. The van der Waals surface area contributed by atoms with Crippen LogP contribution >= 0.6 is 0 Å². The molecule has 0 aromatic heterocycles. The average molecular weight is 252 g/mol. The number of carboxylic acids is 1. The van der Waals surface area contributed by atoms with Crippen molar-refractivity contribution in [2.45, 2.75) is 33.2 Å². The molecule has 0 unspecified atom stereocenters. The van der Waals surface area contributed by atoms with Crippen LogP contribution in [0.2, 0.25) is 0 Å². The largest absolute Gasteiger partial charge is 0.481 e. The Morgan fingerprint density at radius 3 is 2.06 bits per heavy atom. The molecule has 7 heteroatoms. The van der Waals surface area contributed by atoms with E-state index in [0.717, 1.165) is 0 Å². The highest BCUT2D eigenvalue weighted by Crippen LogP contribution is 2.30. The minimum atomic E-state index is -3.52. The standard InChI is InChI=1S/C9H20N2O4S/c1-8(2,7(12)13)9(3,4)11-5-6-16(10,14)15/h11H,5-6H2,1-4H3,(H,12,13)(H2,10,14,15). The van der Waals surface area contributed by atoms with E-state index in [4.69, 9.17) is 10.2 Å². The first kappa shape index (κ1) is 15.3. The van der Waals surface area contributed by atoms with E-state index >= 15 is 0 Å². The van der Waals surface area contributed by atoms with E-state index in [1.54, 1.807) is 27.7 Å². The second kappa shape index (κ2) is 4.68. The monoisotopic (exact) mass is 252 g/mol. The first-order valence-corrected chi connectivity index (χ1v) is 6.60. The first-order valence-electron chi connectivity index (χ1n) is 4.89. The number of carbonyl (C=O) groups is 1. The van der Waals surface area contributed by atoms with Crippen LogP contribution in [0.3, 0.4) is 0 Å². The van der Waals surface area contributed by atoms with Crippen molar-refractivity contribution >= 4 is 16.0 Å². The van der Waals surface area contributed by atoms with E-state index in [0.29, 0.717) is 0 Å². The summed E-state index contributed by atoms with van der Waals surface area (Å²) in [6.07, 6.45) is 0. The van der Waals surface area contributed by atoms with Crippen molar-refractivity contribution in [2.24, 2.45) is 10.6 Å². The van der Waals surface area contributed by atoms with Gasteiger partial charge in [0.1, 0.15) is 0 Å². The van der Waals surface area contributed by atoms with Crippen molar-refractivity contribution in [3.63, 3.8) is 0 Å². The second-order valence-electron chi connectivity index (χ2n) is 4.85. The van der Waals surface area contributed by atoms with Crippen molar-refractivity contribution in [1.29, 1.82) is 0 Å². The van der Waals surface area contributed by atoms with Crippen LogP contribution in [0.25, 0.3) is 0 Å². The van der Waals surface area contributed by atoms with Crippen molar-refractivity contribution in [2.75, 3.05) is 12.3 Å². The van der Waals surface area contributed by atoms with E-state index in [1.807, 2.05) is 0 Å². The third-order valence-electron chi connectivity index (χ3n) is 3.05. The van der Waals surface area contributed by atoms with Gasteiger partial charge in [-0.15, -0.1) is 0 Å². The van der Waals surface area contributed by atoms with Gasteiger partial charge in [0.2, 0.25) is 10.0 Å². The number of primary sulfonamides is 1. The fourth-order valence-corrected chi connectivity index (χ4v) is 1.38. The molecule has 0 saturated carbocycles. The Morgan fingerprint density at radius 2 is 1.75 bits per heavy atom. The normalized spacial score (nSPS) is 13.8. The van der Waals surface area contributed by atoms with Crippen LogP contribution in [0.1, 0.15) is 27.7 Å². The maximum Gasteiger partial charge on any atom is 0.310 e. The molecule has 0 amide bonds. The minimum absolute atomic E-state index is 0.128. The summed E-state index contributed by atoms with van der Waals surface area (Å²) in [7, 11) is -3.52. The zero-order valence-electron chi connectivity index (χ0n) is 10.1. The highest BCUT2D eigenvalue weighted by molar-refractivity contribution is 7.89. The Labute approximate surface area is 96.3 Å². The van der Waals surface area contributed by atoms with Crippen molar-refractivity contribution in [3.05, 3.63) is 0 Å². The van der Waals surface area contributed by atoms with Gasteiger partial charge in [-0.25, -0.2) is 13.6 Å². The summed E-state index contributed by atoms with van der Waals surface area (Å²) >= 11 is 0. The average Bonchev–Trinajstić information content (AvgIpc) is 2.00.